The minimum absolute atomic E-state index is 0.115. The predicted octanol–water partition coefficient (Wildman–Crippen LogP) is 5.40. The zero-order valence-corrected chi connectivity index (χ0v) is 16.6. The van der Waals surface area contributed by atoms with Crippen LogP contribution in [0.2, 0.25) is 0 Å². The molecule has 3 aromatic carbocycles. The van der Waals surface area contributed by atoms with Crippen LogP contribution in [0.5, 0.6) is 11.5 Å². The van der Waals surface area contributed by atoms with Gasteiger partial charge in [0.2, 0.25) is 5.78 Å². The summed E-state index contributed by atoms with van der Waals surface area (Å²) in [5, 5.41) is 0.829. The van der Waals surface area contributed by atoms with Gasteiger partial charge >= 0.3 is 0 Å². The Kier molecular flexibility index (Phi) is 5.40. The molecule has 0 bridgehead atoms. The molecule has 0 atom stereocenters. The van der Waals surface area contributed by atoms with Crippen molar-refractivity contribution in [1.29, 1.82) is 0 Å². The number of fused-ring (bicyclic) bond motifs is 1. The van der Waals surface area contributed by atoms with E-state index in [2.05, 4.69) is 0 Å². The molecule has 4 rings (SSSR count). The van der Waals surface area contributed by atoms with Gasteiger partial charge in [-0.15, -0.1) is 11.3 Å². The molecule has 0 unspecified atom stereocenters. The fourth-order valence-corrected chi connectivity index (χ4v) is 4.16. The van der Waals surface area contributed by atoms with E-state index in [0.717, 1.165) is 10.1 Å². The molecule has 4 nitrogen and oxygen atoms in total. The Labute approximate surface area is 172 Å². The quantitative estimate of drug-likeness (QED) is 0.388. The standard InChI is InChI=1S/C24H18O4S/c1-27-18-11-7-10-17(14-18)20(25)15-28-23-19-12-5-6-13-21(19)29-24(23)22(26)16-8-3-2-4-9-16/h2-14H,15H2,1H3. The lowest BCUT2D eigenvalue weighted by atomic mass is 10.1. The van der Waals surface area contributed by atoms with Gasteiger partial charge in [0.15, 0.2) is 12.4 Å². The lowest BCUT2D eigenvalue weighted by Gasteiger charge is -2.08. The molecule has 0 aliphatic carbocycles. The number of hydrogen-bond acceptors (Lipinski definition) is 5. The van der Waals surface area contributed by atoms with Gasteiger partial charge in [-0.3, -0.25) is 9.59 Å². The summed E-state index contributed by atoms with van der Waals surface area (Å²) in [6.45, 7) is -0.164. The first-order chi connectivity index (χ1) is 14.2. The maximum atomic E-state index is 13.1. The molecule has 144 valence electrons. The zero-order chi connectivity index (χ0) is 20.2. The number of ether oxygens (including phenoxy) is 2. The maximum Gasteiger partial charge on any atom is 0.206 e. The smallest absolute Gasteiger partial charge is 0.206 e. The number of Topliss-reactive ketones (excluding diaryl/α,β-unsaturated/α-hetero) is 1. The average Bonchev–Trinajstić information content (AvgIpc) is 3.16. The van der Waals surface area contributed by atoms with Crippen molar-refractivity contribution >= 4 is 33.0 Å². The minimum Gasteiger partial charge on any atom is -0.497 e. The normalized spacial score (nSPS) is 10.7. The Morgan fingerprint density at radius 1 is 0.862 bits per heavy atom. The second-order valence-corrected chi connectivity index (χ2v) is 7.45. The molecule has 0 N–H and O–H groups in total. The van der Waals surface area contributed by atoms with Gasteiger partial charge in [-0.25, -0.2) is 0 Å². The molecular formula is C24H18O4S. The van der Waals surface area contributed by atoms with E-state index in [1.807, 2.05) is 42.5 Å². The van der Waals surface area contributed by atoms with E-state index in [-0.39, 0.29) is 18.2 Å². The van der Waals surface area contributed by atoms with Crippen LogP contribution < -0.4 is 9.47 Å². The van der Waals surface area contributed by atoms with Crippen LogP contribution in [-0.4, -0.2) is 25.3 Å². The van der Waals surface area contributed by atoms with E-state index < -0.39 is 0 Å². The second kappa shape index (κ2) is 8.29. The molecule has 1 aromatic heterocycles. The minimum atomic E-state index is -0.183. The SMILES string of the molecule is COc1cccc(C(=O)COc2c(C(=O)c3ccccc3)sc3ccccc23)c1. The first-order valence-corrected chi connectivity index (χ1v) is 9.90. The van der Waals surface area contributed by atoms with E-state index in [0.29, 0.717) is 27.5 Å². The van der Waals surface area contributed by atoms with Gasteiger partial charge in [-0.05, 0) is 24.3 Å². The highest BCUT2D eigenvalue weighted by molar-refractivity contribution is 7.21. The van der Waals surface area contributed by atoms with Gasteiger partial charge in [0.25, 0.3) is 0 Å². The molecule has 0 saturated carbocycles. The third-order valence-corrected chi connectivity index (χ3v) is 5.68. The molecule has 29 heavy (non-hydrogen) atoms. The van der Waals surface area contributed by atoms with Crippen molar-refractivity contribution in [3.8, 4) is 11.5 Å². The highest BCUT2D eigenvalue weighted by Gasteiger charge is 2.22. The number of carbonyl (C=O) groups is 2. The van der Waals surface area contributed by atoms with Crippen LogP contribution in [0.3, 0.4) is 0 Å². The molecule has 0 spiro atoms. The van der Waals surface area contributed by atoms with Crippen LogP contribution in [0.4, 0.5) is 0 Å². The fourth-order valence-electron chi connectivity index (χ4n) is 3.05. The third-order valence-electron chi connectivity index (χ3n) is 4.53. The molecule has 0 saturated heterocycles. The molecule has 4 aromatic rings. The predicted molar refractivity (Wildman–Crippen MR) is 115 cm³/mol. The molecule has 0 aliphatic heterocycles. The van der Waals surface area contributed by atoms with Gasteiger partial charge < -0.3 is 9.47 Å². The third kappa shape index (κ3) is 3.91. The largest absolute Gasteiger partial charge is 0.497 e. The number of carbonyl (C=O) groups excluding carboxylic acids is 2. The Morgan fingerprint density at radius 3 is 2.38 bits per heavy atom. The lowest BCUT2D eigenvalue weighted by Crippen LogP contribution is -2.13. The number of benzene rings is 3. The summed E-state index contributed by atoms with van der Waals surface area (Å²) in [6.07, 6.45) is 0. The summed E-state index contributed by atoms with van der Waals surface area (Å²) in [7, 11) is 1.55. The van der Waals surface area contributed by atoms with E-state index in [9.17, 15) is 9.59 Å². The van der Waals surface area contributed by atoms with E-state index in [4.69, 9.17) is 9.47 Å². The summed E-state index contributed by atoms with van der Waals surface area (Å²) in [5.41, 5.74) is 1.09. The monoisotopic (exact) mass is 402 g/mol. The number of thiophene rings is 1. The van der Waals surface area contributed by atoms with Crippen LogP contribution in [0, 0.1) is 0 Å². The van der Waals surface area contributed by atoms with Crippen molar-refractivity contribution < 1.29 is 19.1 Å². The van der Waals surface area contributed by atoms with E-state index in [1.165, 1.54) is 11.3 Å². The first-order valence-electron chi connectivity index (χ1n) is 9.08. The van der Waals surface area contributed by atoms with Crippen molar-refractivity contribution in [3.63, 3.8) is 0 Å². The van der Waals surface area contributed by atoms with Crippen molar-refractivity contribution in [2.75, 3.05) is 13.7 Å². The molecule has 0 amide bonds. The van der Waals surface area contributed by atoms with E-state index >= 15 is 0 Å². The molecule has 5 heteroatoms. The second-order valence-electron chi connectivity index (χ2n) is 6.40. The van der Waals surface area contributed by atoms with Crippen LogP contribution in [0.1, 0.15) is 25.6 Å². The Hall–Kier alpha value is -3.44. The van der Waals surface area contributed by atoms with Crippen molar-refractivity contribution in [1.82, 2.24) is 0 Å². The Morgan fingerprint density at radius 2 is 1.59 bits per heavy atom. The van der Waals surface area contributed by atoms with Gasteiger partial charge in [-0.2, -0.15) is 0 Å². The van der Waals surface area contributed by atoms with Crippen LogP contribution in [-0.2, 0) is 0 Å². The number of hydrogen-bond donors (Lipinski definition) is 0. The topological polar surface area (TPSA) is 52.6 Å². The van der Waals surface area contributed by atoms with Gasteiger partial charge in [0.05, 0.1) is 7.11 Å². The molecule has 0 fully saturated rings. The number of ketones is 2. The highest BCUT2D eigenvalue weighted by atomic mass is 32.1. The van der Waals surface area contributed by atoms with Gasteiger partial charge in [0, 0.05) is 21.2 Å². The number of rotatable bonds is 7. The van der Waals surface area contributed by atoms with Crippen LogP contribution in [0.25, 0.3) is 10.1 Å². The fraction of sp³-hybridized carbons (Fsp3) is 0.0833. The molecular weight excluding hydrogens is 384 g/mol. The lowest BCUT2D eigenvalue weighted by molar-refractivity contribution is 0.0917. The van der Waals surface area contributed by atoms with Crippen LogP contribution >= 0.6 is 11.3 Å². The van der Waals surface area contributed by atoms with Gasteiger partial charge in [-0.1, -0.05) is 54.6 Å². The van der Waals surface area contributed by atoms with Gasteiger partial charge in [0.1, 0.15) is 16.4 Å². The van der Waals surface area contributed by atoms with Crippen molar-refractivity contribution in [3.05, 3.63) is 94.9 Å². The first kappa shape index (κ1) is 18.9. The van der Waals surface area contributed by atoms with Crippen LogP contribution in [0.15, 0.2) is 78.9 Å². The summed E-state index contributed by atoms with van der Waals surface area (Å²) >= 11 is 1.37. The highest BCUT2D eigenvalue weighted by Crippen LogP contribution is 2.39. The van der Waals surface area contributed by atoms with Crippen molar-refractivity contribution in [2.45, 2.75) is 0 Å². The summed E-state index contributed by atoms with van der Waals surface area (Å²) < 4.78 is 12.0. The zero-order valence-electron chi connectivity index (χ0n) is 15.8. The molecule has 0 aliphatic rings. The maximum absolute atomic E-state index is 13.1. The van der Waals surface area contributed by atoms with Crippen molar-refractivity contribution in [2.24, 2.45) is 0 Å². The summed E-state index contributed by atoms with van der Waals surface area (Å²) in [4.78, 5) is 26.2. The Balaban J connectivity index is 1.65. The van der Waals surface area contributed by atoms with E-state index in [1.54, 1.807) is 43.5 Å². The average molecular weight is 402 g/mol. The molecule has 1 heterocycles. The Bertz CT molecular complexity index is 1180. The summed E-state index contributed by atoms with van der Waals surface area (Å²) in [5.74, 6) is 0.764. The molecule has 0 radical (unpaired) electrons. The number of methoxy groups -OCH3 is 1. The summed E-state index contributed by atoms with van der Waals surface area (Å²) in [6, 6.07) is 23.7.